The highest BCUT2D eigenvalue weighted by Crippen LogP contribution is 2.22. The van der Waals surface area contributed by atoms with Gasteiger partial charge in [0.25, 0.3) is 0 Å². The number of carbonyl (C=O) groups excluding carboxylic acids is 1. The molecule has 0 spiro atoms. The number of benzene rings is 1. The number of rotatable bonds is 5. The van der Waals surface area contributed by atoms with E-state index in [0.29, 0.717) is 6.42 Å². The van der Waals surface area contributed by atoms with E-state index < -0.39 is 0 Å². The first-order chi connectivity index (χ1) is 10.1. The van der Waals surface area contributed by atoms with Crippen LogP contribution >= 0.6 is 24.8 Å². The molecule has 2 rings (SSSR count). The number of carbonyl (C=O) groups is 1. The summed E-state index contributed by atoms with van der Waals surface area (Å²) < 4.78 is 5.26. The lowest BCUT2D eigenvalue weighted by atomic mass is 10.1. The highest BCUT2D eigenvalue weighted by molar-refractivity contribution is 5.85. The Kier molecular flexibility index (Phi) is 10.0. The fourth-order valence-electron chi connectivity index (χ4n) is 2.53. The van der Waals surface area contributed by atoms with Crippen LogP contribution in [0.2, 0.25) is 0 Å². The summed E-state index contributed by atoms with van der Waals surface area (Å²) in [5.41, 5.74) is 6.85. The van der Waals surface area contributed by atoms with Crippen LogP contribution in [0.4, 0.5) is 5.69 Å². The molecule has 0 aliphatic carbocycles. The molecule has 1 aliphatic rings. The second-order valence-corrected chi connectivity index (χ2v) is 5.59. The second-order valence-electron chi connectivity index (χ2n) is 5.59. The molecular formula is C16H27Cl2N3O2. The van der Waals surface area contributed by atoms with E-state index in [-0.39, 0.29) is 36.8 Å². The SMILES string of the molecule is COc1cccc(N2CCN(C(=O)CCC(C)N)CC2)c1.Cl.Cl. The number of halogens is 2. The summed E-state index contributed by atoms with van der Waals surface area (Å²) in [5, 5.41) is 0. The van der Waals surface area contributed by atoms with E-state index in [1.165, 1.54) is 0 Å². The first-order valence-electron chi connectivity index (χ1n) is 7.52. The summed E-state index contributed by atoms with van der Waals surface area (Å²) in [6, 6.07) is 8.14. The smallest absolute Gasteiger partial charge is 0.222 e. The van der Waals surface area contributed by atoms with Gasteiger partial charge in [0.15, 0.2) is 0 Å². The first kappa shape index (κ1) is 21.8. The maximum absolute atomic E-state index is 12.1. The van der Waals surface area contributed by atoms with Crippen molar-refractivity contribution in [2.75, 3.05) is 38.2 Å². The zero-order chi connectivity index (χ0) is 15.2. The van der Waals surface area contributed by atoms with Gasteiger partial charge in [0.05, 0.1) is 7.11 Å². The Labute approximate surface area is 151 Å². The molecule has 5 nitrogen and oxygen atoms in total. The number of piperazine rings is 1. The van der Waals surface area contributed by atoms with Crippen molar-refractivity contribution in [3.8, 4) is 5.75 Å². The number of hydrogen-bond acceptors (Lipinski definition) is 4. The third-order valence-corrected chi connectivity index (χ3v) is 3.86. The molecule has 7 heteroatoms. The van der Waals surface area contributed by atoms with Gasteiger partial charge in [-0.3, -0.25) is 4.79 Å². The Morgan fingerprint density at radius 2 is 1.91 bits per heavy atom. The van der Waals surface area contributed by atoms with Gasteiger partial charge < -0.3 is 20.3 Å². The number of anilines is 1. The predicted molar refractivity (Wildman–Crippen MR) is 99.2 cm³/mol. The lowest BCUT2D eigenvalue weighted by molar-refractivity contribution is -0.131. The van der Waals surface area contributed by atoms with Crippen LogP contribution in [0, 0.1) is 0 Å². The van der Waals surface area contributed by atoms with Crippen LogP contribution < -0.4 is 15.4 Å². The van der Waals surface area contributed by atoms with Crippen molar-refractivity contribution in [1.29, 1.82) is 0 Å². The largest absolute Gasteiger partial charge is 0.497 e. The van der Waals surface area contributed by atoms with Gasteiger partial charge in [-0.25, -0.2) is 0 Å². The lowest BCUT2D eigenvalue weighted by Crippen LogP contribution is -2.48. The van der Waals surface area contributed by atoms with Crippen LogP contribution in [0.5, 0.6) is 5.75 Å². The standard InChI is InChI=1S/C16H25N3O2.2ClH/c1-13(17)6-7-16(20)19-10-8-18(9-11-19)14-4-3-5-15(12-14)21-2;;/h3-5,12-13H,6-11,17H2,1-2H3;2*1H. The summed E-state index contributed by atoms with van der Waals surface area (Å²) in [6.07, 6.45) is 1.31. The molecule has 1 aromatic rings. The molecular weight excluding hydrogens is 337 g/mol. The van der Waals surface area contributed by atoms with Crippen LogP contribution in [-0.4, -0.2) is 50.1 Å². The van der Waals surface area contributed by atoms with E-state index in [1.54, 1.807) is 7.11 Å². The Bertz CT molecular complexity index is 478. The first-order valence-corrected chi connectivity index (χ1v) is 7.52. The summed E-state index contributed by atoms with van der Waals surface area (Å²) in [5.74, 6) is 1.08. The van der Waals surface area contributed by atoms with Crippen molar-refractivity contribution in [1.82, 2.24) is 4.90 Å². The van der Waals surface area contributed by atoms with Crippen LogP contribution in [-0.2, 0) is 4.79 Å². The van der Waals surface area contributed by atoms with Crippen LogP contribution in [0.15, 0.2) is 24.3 Å². The molecule has 1 amide bonds. The Morgan fingerprint density at radius 3 is 2.48 bits per heavy atom. The number of nitrogens with zero attached hydrogens (tertiary/aromatic N) is 2. The minimum Gasteiger partial charge on any atom is -0.497 e. The van der Waals surface area contributed by atoms with Gasteiger partial charge in [-0.05, 0) is 25.5 Å². The zero-order valence-electron chi connectivity index (χ0n) is 13.7. The van der Waals surface area contributed by atoms with Gasteiger partial charge in [0.2, 0.25) is 5.91 Å². The Hall–Kier alpha value is -1.17. The number of methoxy groups -OCH3 is 1. The normalized spacial score (nSPS) is 15.3. The van der Waals surface area contributed by atoms with Gasteiger partial charge in [-0.15, -0.1) is 24.8 Å². The zero-order valence-corrected chi connectivity index (χ0v) is 15.4. The second kappa shape index (κ2) is 10.6. The van der Waals surface area contributed by atoms with Crippen molar-refractivity contribution in [2.45, 2.75) is 25.8 Å². The molecule has 23 heavy (non-hydrogen) atoms. The molecule has 1 unspecified atom stereocenters. The van der Waals surface area contributed by atoms with E-state index in [9.17, 15) is 4.79 Å². The molecule has 0 radical (unpaired) electrons. The Morgan fingerprint density at radius 1 is 1.26 bits per heavy atom. The van der Waals surface area contributed by atoms with Gasteiger partial charge >= 0.3 is 0 Å². The summed E-state index contributed by atoms with van der Waals surface area (Å²) in [4.78, 5) is 16.3. The average molecular weight is 364 g/mol. The number of amides is 1. The average Bonchev–Trinajstić information content (AvgIpc) is 2.52. The van der Waals surface area contributed by atoms with Crippen LogP contribution in [0.25, 0.3) is 0 Å². The minimum atomic E-state index is 0. The monoisotopic (exact) mass is 363 g/mol. The van der Waals surface area contributed by atoms with Crippen molar-refractivity contribution >= 4 is 36.4 Å². The Balaban J connectivity index is 0.00000242. The van der Waals surface area contributed by atoms with Crippen LogP contribution in [0.1, 0.15) is 19.8 Å². The van der Waals surface area contributed by atoms with E-state index >= 15 is 0 Å². The maximum Gasteiger partial charge on any atom is 0.222 e. The molecule has 1 aromatic carbocycles. The third kappa shape index (κ3) is 6.45. The van der Waals surface area contributed by atoms with Crippen molar-refractivity contribution in [3.63, 3.8) is 0 Å². The molecule has 1 saturated heterocycles. The van der Waals surface area contributed by atoms with Gasteiger partial charge in [0.1, 0.15) is 5.75 Å². The van der Waals surface area contributed by atoms with Crippen molar-refractivity contribution in [2.24, 2.45) is 5.73 Å². The van der Waals surface area contributed by atoms with E-state index in [1.807, 2.05) is 30.0 Å². The molecule has 2 N–H and O–H groups in total. The van der Waals surface area contributed by atoms with Gasteiger partial charge in [-0.2, -0.15) is 0 Å². The fraction of sp³-hybridized carbons (Fsp3) is 0.562. The van der Waals surface area contributed by atoms with E-state index in [0.717, 1.165) is 44.0 Å². The maximum atomic E-state index is 12.1. The molecule has 1 aliphatic heterocycles. The molecule has 1 heterocycles. The van der Waals surface area contributed by atoms with Gasteiger partial charge in [0, 0.05) is 50.4 Å². The number of nitrogens with two attached hydrogens (primary N) is 1. The molecule has 0 bridgehead atoms. The van der Waals surface area contributed by atoms with E-state index in [2.05, 4.69) is 11.0 Å². The predicted octanol–water partition coefficient (Wildman–Crippen LogP) is 2.31. The number of hydrogen-bond donors (Lipinski definition) is 1. The highest BCUT2D eigenvalue weighted by Gasteiger charge is 2.21. The quantitative estimate of drug-likeness (QED) is 0.871. The topological polar surface area (TPSA) is 58.8 Å². The molecule has 0 aromatic heterocycles. The van der Waals surface area contributed by atoms with Crippen molar-refractivity contribution < 1.29 is 9.53 Å². The molecule has 1 atom stereocenters. The molecule has 132 valence electrons. The number of ether oxygens (including phenoxy) is 1. The van der Waals surface area contributed by atoms with Gasteiger partial charge in [-0.1, -0.05) is 6.07 Å². The van der Waals surface area contributed by atoms with E-state index in [4.69, 9.17) is 10.5 Å². The summed E-state index contributed by atoms with van der Waals surface area (Å²) in [6.45, 7) is 5.20. The van der Waals surface area contributed by atoms with Crippen LogP contribution in [0.3, 0.4) is 0 Å². The van der Waals surface area contributed by atoms with Crippen molar-refractivity contribution in [3.05, 3.63) is 24.3 Å². The summed E-state index contributed by atoms with van der Waals surface area (Å²) >= 11 is 0. The fourth-order valence-corrected chi connectivity index (χ4v) is 2.53. The third-order valence-electron chi connectivity index (χ3n) is 3.86. The molecule has 0 saturated carbocycles. The molecule has 1 fully saturated rings. The lowest BCUT2D eigenvalue weighted by Gasteiger charge is -2.36. The minimum absolute atomic E-state index is 0. The highest BCUT2D eigenvalue weighted by atomic mass is 35.5. The summed E-state index contributed by atoms with van der Waals surface area (Å²) in [7, 11) is 1.67.